The normalized spacial score (nSPS) is 21.9. The lowest BCUT2D eigenvalue weighted by Crippen LogP contribution is -2.74. The molecule has 4 aliphatic rings. The van der Waals surface area contributed by atoms with Gasteiger partial charge in [-0.25, -0.2) is 18.2 Å². The summed E-state index contributed by atoms with van der Waals surface area (Å²) in [5, 5.41) is 12.8. The third-order valence-corrected chi connectivity index (χ3v) is 11.6. The molecule has 1 N–H and O–H groups in total. The van der Waals surface area contributed by atoms with E-state index in [1.165, 1.54) is 36.5 Å². The average molecular weight is 686 g/mol. The lowest BCUT2D eigenvalue weighted by molar-refractivity contribution is -0.122. The summed E-state index contributed by atoms with van der Waals surface area (Å²) in [6.45, 7) is 11.9. The van der Waals surface area contributed by atoms with Gasteiger partial charge in [-0.05, 0) is 56.3 Å². The van der Waals surface area contributed by atoms with E-state index in [-0.39, 0.29) is 45.2 Å². The van der Waals surface area contributed by atoms with Crippen LogP contribution in [0.25, 0.3) is 0 Å². The maximum Gasteiger partial charge on any atom is 0.318 e. The molecule has 0 radical (unpaired) electrons. The smallest absolute Gasteiger partial charge is 0.318 e. The number of urea groups is 1. The van der Waals surface area contributed by atoms with Gasteiger partial charge in [0.25, 0.3) is 15.9 Å². The number of hydrogen-bond donors (Lipinski definition) is 1. The number of nitrogens with zero attached hydrogens (tertiary/aromatic N) is 6. The van der Waals surface area contributed by atoms with Crippen molar-refractivity contribution in [2.75, 3.05) is 76.5 Å². The Hall–Kier alpha value is -4.55. The second-order valence-corrected chi connectivity index (χ2v) is 15.0. The second kappa shape index (κ2) is 12.7. The van der Waals surface area contributed by atoms with Gasteiger partial charge in [0.15, 0.2) is 5.54 Å². The zero-order chi connectivity index (χ0) is 34.4. The Balaban J connectivity index is 1.21. The Labute approximate surface area is 286 Å². The first-order chi connectivity index (χ1) is 23.6. The molecule has 3 saturated heterocycles. The number of aryl methyl sites for hydroxylation is 1. The molecule has 4 aliphatic heterocycles. The summed E-state index contributed by atoms with van der Waals surface area (Å²) in [6.07, 6.45) is 1.50. The quantitative estimate of drug-likeness (QED) is 0.356. The number of nitrogens with one attached hydrogen (secondary N) is 1. The molecule has 256 valence electrons. The van der Waals surface area contributed by atoms with Crippen molar-refractivity contribution >= 4 is 27.6 Å². The summed E-state index contributed by atoms with van der Waals surface area (Å²) in [6, 6.07) is 15.3. The van der Waals surface area contributed by atoms with Gasteiger partial charge in [-0.15, -0.1) is 0 Å². The van der Waals surface area contributed by atoms with Crippen LogP contribution in [0.5, 0.6) is 5.88 Å². The Morgan fingerprint density at radius 1 is 1.02 bits per heavy atom. The molecule has 14 heteroatoms. The Kier molecular flexibility index (Phi) is 8.56. The number of rotatable bonds is 9. The number of likely N-dealkylation sites (tertiary alicyclic amines) is 2. The van der Waals surface area contributed by atoms with Crippen molar-refractivity contribution in [2.45, 2.75) is 24.3 Å². The van der Waals surface area contributed by atoms with Crippen molar-refractivity contribution < 1.29 is 27.5 Å². The molecular formula is C35H39N7O6S. The first-order valence-corrected chi connectivity index (χ1v) is 17.9. The fourth-order valence-corrected chi connectivity index (χ4v) is 8.87. The van der Waals surface area contributed by atoms with Crippen LogP contribution in [-0.4, -0.2) is 112 Å². The van der Waals surface area contributed by atoms with E-state index in [2.05, 4.69) is 26.2 Å². The minimum absolute atomic E-state index is 0.0211. The van der Waals surface area contributed by atoms with Crippen molar-refractivity contribution in [3.63, 3.8) is 0 Å². The number of anilines is 1. The second-order valence-electron chi connectivity index (χ2n) is 13.2. The predicted octanol–water partition coefficient (Wildman–Crippen LogP) is 2.30. The van der Waals surface area contributed by atoms with Crippen LogP contribution in [0, 0.1) is 23.7 Å². The highest BCUT2D eigenvalue weighted by Gasteiger charge is 2.60. The minimum Gasteiger partial charge on any atom is -0.478 e. The van der Waals surface area contributed by atoms with Gasteiger partial charge in [0.2, 0.25) is 5.88 Å². The number of hydrogen-bond acceptors (Lipinski definition) is 10. The third kappa shape index (κ3) is 5.70. The number of fused-ring (bicyclic) bond motifs is 1. The fourth-order valence-electron chi connectivity index (χ4n) is 7.41. The third-order valence-electron chi connectivity index (χ3n) is 9.86. The number of carbonyl (C=O) groups is 2. The number of sulfonamides is 1. The Bertz CT molecular complexity index is 1910. The molecule has 2 aromatic carbocycles. The van der Waals surface area contributed by atoms with Gasteiger partial charge in [-0.1, -0.05) is 17.7 Å². The fraction of sp³-hybridized carbons (Fsp3) is 0.429. The van der Waals surface area contributed by atoms with Gasteiger partial charge < -0.3 is 24.6 Å². The van der Waals surface area contributed by atoms with Crippen molar-refractivity contribution in [2.24, 2.45) is 5.41 Å². The number of nitriles is 1. The number of ether oxygens (including phenoxy) is 2. The first kappa shape index (κ1) is 33.0. The summed E-state index contributed by atoms with van der Waals surface area (Å²) in [5.74, 6) is -0.856. The van der Waals surface area contributed by atoms with E-state index in [0.717, 1.165) is 62.4 Å². The van der Waals surface area contributed by atoms with Crippen LogP contribution in [0.4, 0.5) is 10.5 Å². The van der Waals surface area contributed by atoms with Gasteiger partial charge in [0, 0.05) is 69.5 Å². The van der Waals surface area contributed by atoms with E-state index in [0.29, 0.717) is 13.1 Å². The Morgan fingerprint density at radius 2 is 1.73 bits per heavy atom. The van der Waals surface area contributed by atoms with Crippen molar-refractivity contribution in [3.05, 3.63) is 83.0 Å². The first-order valence-electron chi connectivity index (χ1n) is 16.5. The molecule has 3 amide bonds. The van der Waals surface area contributed by atoms with Crippen LogP contribution < -0.4 is 14.4 Å². The molecule has 1 spiro atoms. The topological polar surface area (TPSA) is 148 Å². The number of pyridine rings is 1. The lowest BCUT2D eigenvalue weighted by Gasteiger charge is -2.60. The zero-order valence-electron chi connectivity index (χ0n) is 27.6. The Morgan fingerprint density at radius 3 is 2.43 bits per heavy atom. The van der Waals surface area contributed by atoms with Gasteiger partial charge in [0.1, 0.15) is 0 Å². The molecule has 0 aliphatic carbocycles. The van der Waals surface area contributed by atoms with E-state index in [1.54, 1.807) is 36.1 Å². The van der Waals surface area contributed by atoms with Gasteiger partial charge in [0.05, 0.1) is 47.6 Å². The summed E-state index contributed by atoms with van der Waals surface area (Å²) >= 11 is 0. The molecule has 7 rings (SSSR count). The van der Waals surface area contributed by atoms with Crippen molar-refractivity contribution in [1.82, 2.24) is 25.0 Å². The number of morpholine rings is 1. The van der Waals surface area contributed by atoms with E-state index in [1.807, 2.05) is 6.92 Å². The molecule has 0 saturated carbocycles. The molecule has 1 atom stereocenters. The van der Waals surface area contributed by atoms with Crippen LogP contribution in [-0.2, 0) is 25.1 Å². The van der Waals surface area contributed by atoms with Crippen LogP contribution in [0.2, 0.25) is 0 Å². The summed E-state index contributed by atoms with van der Waals surface area (Å²) in [7, 11) is -4.46. The number of carbonyl (C=O) groups excluding carboxylic acids is 2. The van der Waals surface area contributed by atoms with E-state index < -0.39 is 27.5 Å². The number of amides is 3. The van der Waals surface area contributed by atoms with E-state index in [4.69, 9.17) is 9.47 Å². The molecule has 49 heavy (non-hydrogen) atoms. The maximum absolute atomic E-state index is 15.0. The van der Waals surface area contributed by atoms with Gasteiger partial charge >= 0.3 is 6.03 Å². The number of benzene rings is 2. The highest BCUT2D eigenvalue weighted by atomic mass is 32.2. The number of aromatic nitrogens is 1. The molecule has 3 aromatic rings. The van der Waals surface area contributed by atoms with Gasteiger partial charge in [-0.2, -0.15) is 9.57 Å². The van der Waals surface area contributed by atoms with Crippen LogP contribution in [0.15, 0.2) is 65.7 Å². The van der Waals surface area contributed by atoms with Crippen LogP contribution in [0.1, 0.15) is 29.2 Å². The summed E-state index contributed by atoms with van der Waals surface area (Å²) in [5.41, 5.74) is -0.705. The molecule has 13 nitrogen and oxygen atoms in total. The molecule has 0 bridgehead atoms. The van der Waals surface area contributed by atoms with Crippen LogP contribution in [0.3, 0.4) is 0 Å². The van der Waals surface area contributed by atoms with Crippen molar-refractivity contribution in [1.29, 1.82) is 5.26 Å². The zero-order valence-corrected chi connectivity index (χ0v) is 28.4. The van der Waals surface area contributed by atoms with E-state index >= 15 is 0 Å². The highest BCUT2D eigenvalue weighted by molar-refractivity contribution is 7.93. The largest absolute Gasteiger partial charge is 0.478 e. The van der Waals surface area contributed by atoms with Crippen molar-refractivity contribution in [3.8, 4) is 11.9 Å². The monoisotopic (exact) mass is 685 g/mol. The van der Waals surface area contributed by atoms with E-state index in [9.17, 15) is 23.3 Å². The molecule has 0 unspecified atom stereocenters. The average Bonchev–Trinajstić information content (AvgIpc) is 3.31. The molecule has 5 heterocycles. The highest BCUT2D eigenvalue weighted by Crippen LogP contribution is 2.50. The standard InChI is InChI=1S/C35H39N7O6S/c1-3-48-31-28(5-4-12-37-31)35(38-33(44)41-23-34(24-41)21-40(22-34)14-13-39-15-17-47-18-16-39)29-19-26(20-36)8-11-30(29)42(32(35)43)49(45,46)27-9-6-25(2)7-10-27/h4-12,19H,3,13-18,21-24H2,1-2H3,(H,38,44)/t35-/m0/s1. The molecular weight excluding hydrogens is 646 g/mol. The van der Waals surface area contributed by atoms with Gasteiger partial charge in [-0.3, -0.25) is 9.69 Å². The maximum atomic E-state index is 15.0. The predicted molar refractivity (Wildman–Crippen MR) is 179 cm³/mol. The summed E-state index contributed by atoms with van der Waals surface area (Å²) in [4.78, 5) is 39.9. The SMILES string of the molecule is CCOc1ncccc1[C@@]1(NC(=O)N2CC3(CN(CCN4CCOCC4)C3)C2)C(=O)N(S(=O)(=O)c2ccc(C)cc2)c2ccc(C#N)cc21. The lowest BCUT2D eigenvalue weighted by atomic mass is 9.73. The summed E-state index contributed by atoms with van der Waals surface area (Å²) < 4.78 is 40.6. The molecule has 3 fully saturated rings. The van der Waals surface area contributed by atoms with Crippen LogP contribution >= 0.6 is 0 Å². The molecule has 1 aromatic heterocycles. The minimum atomic E-state index is -4.46.